The molecule has 1 saturated heterocycles. The summed E-state index contributed by atoms with van der Waals surface area (Å²) in [5.41, 5.74) is 2.47. The lowest BCUT2D eigenvalue weighted by molar-refractivity contribution is 0.590. The lowest BCUT2D eigenvalue weighted by Crippen LogP contribution is -2.43. The maximum Gasteiger partial charge on any atom is 0.105 e. The molecule has 4 heteroatoms. The smallest absolute Gasteiger partial charge is 0.105 e. The number of hydrogen-bond acceptors (Lipinski definition) is 4. The Kier molecular flexibility index (Phi) is 2.53. The molecule has 1 aromatic carbocycles. The van der Waals surface area contributed by atoms with Gasteiger partial charge >= 0.3 is 0 Å². The maximum atomic E-state index is 4.64. The first-order chi connectivity index (χ1) is 7.84. The topological polar surface area (TPSA) is 28.2 Å². The molecule has 1 N–H and O–H groups in total. The molecule has 84 valence electrons. The number of benzene rings is 1. The molecular formula is C12H15N3S. The molecule has 0 radical (unpaired) electrons. The second-order valence-electron chi connectivity index (χ2n) is 4.09. The Morgan fingerprint density at radius 3 is 2.94 bits per heavy atom. The van der Waals surface area contributed by atoms with Crippen molar-refractivity contribution in [3.05, 3.63) is 23.2 Å². The number of thiazole rings is 1. The molecule has 0 saturated carbocycles. The van der Waals surface area contributed by atoms with Gasteiger partial charge in [-0.05, 0) is 19.1 Å². The van der Waals surface area contributed by atoms with E-state index in [1.807, 2.05) is 0 Å². The minimum absolute atomic E-state index is 1.07. The molecule has 2 aromatic rings. The summed E-state index contributed by atoms with van der Waals surface area (Å²) in [6.07, 6.45) is 0. The highest BCUT2D eigenvalue weighted by molar-refractivity contribution is 7.18. The average molecular weight is 233 g/mol. The van der Waals surface area contributed by atoms with Crippen molar-refractivity contribution in [2.24, 2.45) is 0 Å². The Bertz CT molecular complexity index is 500. The highest BCUT2D eigenvalue weighted by Crippen LogP contribution is 2.30. The summed E-state index contributed by atoms with van der Waals surface area (Å²) in [6, 6.07) is 6.48. The molecule has 1 aliphatic rings. The Balaban J connectivity index is 2.07. The van der Waals surface area contributed by atoms with Gasteiger partial charge in [0.25, 0.3) is 0 Å². The number of nitrogens with one attached hydrogen (secondary N) is 1. The van der Waals surface area contributed by atoms with E-state index in [0.29, 0.717) is 0 Å². The molecule has 0 spiro atoms. The normalized spacial score (nSPS) is 16.9. The molecule has 3 rings (SSSR count). The summed E-state index contributed by atoms with van der Waals surface area (Å²) in [4.78, 5) is 7.07. The Hall–Kier alpha value is -1.13. The lowest BCUT2D eigenvalue weighted by Gasteiger charge is -2.29. The molecule has 1 fully saturated rings. The first-order valence-corrected chi connectivity index (χ1v) is 6.48. The number of piperazine rings is 1. The van der Waals surface area contributed by atoms with Crippen LogP contribution in [-0.4, -0.2) is 31.2 Å². The van der Waals surface area contributed by atoms with Gasteiger partial charge in [-0.15, -0.1) is 11.3 Å². The zero-order chi connectivity index (χ0) is 11.0. The fraction of sp³-hybridized carbons (Fsp3) is 0.417. The van der Waals surface area contributed by atoms with Crippen LogP contribution in [0.25, 0.3) is 10.2 Å². The van der Waals surface area contributed by atoms with Gasteiger partial charge in [0.05, 0.1) is 15.4 Å². The Morgan fingerprint density at radius 2 is 2.12 bits per heavy atom. The van der Waals surface area contributed by atoms with Crippen LogP contribution >= 0.6 is 11.3 Å². The number of hydrogen-bond donors (Lipinski definition) is 1. The third-order valence-electron chi connectivity index (χ3n) is 2.96. The van der Waals surface area contributed by atoms with Crippen LogP contribution in [0.15, 0.2) is 18.2 Å². The van der Waals surface area contributed by atoms with Gasteiger partial charge in [-0.2, -0.15) is 0 Å². The van der Waals surface area contributed by atoms with Gasteiger partial charge in [-0.3, -0.25) is 0 Å². The molecule has 2 heterocycles. The van der Waals surface area contributed by atoms with Gasteiger partial charge in [0, 0.05) is 26.2 Å². The van der Waals surface area contributed by atoms with Crippen molar-refractivity contribution < 1.29 is 0 Å². The van der Waals surface area contributed by atoms with E-state index in [4.69, 9.17) is 0 Å². The van der Waals surface area contributed by atoms with E-state index in [9.17, 15) is 0 Å². The minimum Gasteiger partial charge on any atom is -0.367 e. The van der Waals surface area contributed by atoms with Crippen molar-refractivity contribution in [3.8, 4) is 0 Å². The zero-order valence-corrected chi connectivity index (χ0v) is 10.2. The summed E-state index contributed by atoms with van der Waals surface area (Å²) in [5, 5.41) is 4.53. The predicted molar refractivity (Wildman–Crippen MR) is 69.4 cm³/mol. The number of rotatable bonds is 1. The van der Waals surface area contributed by atoms with Crippen LogP contribution in [-0.2, 0) is 0 Å². The van der Waals surface area contributed by atoms with Crippen molar-refractivity contribution >= 4 is 27.2 Å². The lowest BCUT2D eigenvalue weighted by atomic mass is 10.2. The molecule has 0 amide bonds. The molecule has 3 nitrogen and oxygen atoms in total. The van der Waals surface area contributed by atoms with E-state index in [1.54, 1.807) is 11.3 Å². The average Bonchev–Trinajstić information content (AvgIpc) is 2.70. The van der Waals surface area contributed by atoms with E-state index in [1.165, 1.54) is 15.9 Å². The van der Waals surface area contributed by atoms with E-state index < -0.39 is 0 Å². The van der Waals surface area contributed by atoms with Crippen LogP contribution in [0.3, 0.4) is 0 Å². The van der Waals surface area contributed by atoms with Crippen LogP contribution in [0, 0.1) is 6.92 Å². The molecule has 0 atom stereocenters. The SMILES string of the molecule is Cc1nc2c(N3CCNCC3)cccc2s1. The second-order valence-corrected chi connectivity index (χ2v) is 5.33. The summed E-state index contributed by atoms with van der Waals surface area (Å²) in [5.74, 6) is 0. The monoisotopic (exact) mass is 233 g/mol. The van der Waals surface area contributed by atoms with E-state index >= 15 is 0 Å². The Morgan fingerprint density at radius 1 is 1.31 bits per heavy atom. The quantitative estimate of drug-likeness (QED) is 0.816. The largest absolute Gasteiger partial charge is 0.367 e. The molecule has 0 aliphatic carbocycles. The van der Waals surface area contributed by atoms with Gasteiger partial charge in [-0.25, -0.2) is 4.98 Å². The van der Waals surface area contributed by atoms with E-state index in [2.05, 4.69) is 40.3 Å². The van der Waals surface area contributed by atoms with Gasteiger partial charge < -0.3 is 10.2 Å². The van der Waals surface area contributed by atoms with Crippen molar-refractivity contribution in [1.29, 1.82) is 0 Å². The highest BCUT2D eigenvalue weighted by Gasteiger charge is 2.14. The first kappa shape index (κ1) is 10.1. The van der Waals surface area contributed by atoms with Gasteiger partial charge in [0.1, 0.15) is 5.52 Å². The fourth-order valence-electron chi connectivity index (χ4n) is 2.21. The fourth-order valence-corrected chi connectivity index (χ4v) is 3.05. The molecule has 1 aromatic heterocycles. The second kappa shape index (κ2) is 4.03. The third kappa shape index (κ3) is 1.68. The van der Waals surface area contributed by atoms with Crippen molar-refractivity contribution in [3.63, 3.8) is 0 Å². The van der Waals surface area contributed by atoms with Crippen LogP contribution in [0.1, 0.15) is 5.01 Å². The van der Waals surface area contributed by atoms with Crippen LogP contribution < -0.4 is 10.2 Å². The number of anilines is 1. The number of para-hydroxylation sites is 1. The summed E-state index contributed by atoms with van der Waals surface area (Å²) >= 11 is 1.78. The number of aromatic nitrogens is 1. The first-order valence-electron chi connectivity index (χ1n) is 5.66. The third-order valence-corrected chi connectivity index (χ3v) is 3.90. The molecule has 16 heavy (non-hydrogen) atoms. The predicted octanol–water partition coefficient (Wildman–Crippen LogP) is 2.01. The molecule has 1 aliphatic heterocycles. The number of fused-ring (bicyclic) bond motifs is 1. The zero-order valence-electron chi connectivity index (χ0n) is 9.36. The highest BCUT2D eigenvalue weighted by atomic mass is 32.1. The molecule has 0 bridgehead atoms. The summed E-state index contributed by atoms with van der Waals surface area (Å²) in [7, 11) is 0. The maximum absolute atomic E-state index is 4.64. The van der Waals surface area contributed by atoms with Gasteiger partial charge in [0.2, 0.25) is 0 Å². The van der Waals surface area contributed by atoms with Gasteiger partial charge in [-0.1, -0.05) is 6.07 Å². The number of aryl methyl sites for hydroxylation is 1. The van der Waals surface area contributed by atoms with Crippen LogP contribution in [0.4, 0.5) is 5.69 Å². The van der Waals surface area contributed by atoms with E-state index in [0.717, 1.165) is 31.2 Å². The van der Waals surface area contributed by atoms with E-state index in [-0.39, 0.29) is 0 Å². The molecular weight excluding hydrogens is 218 g/mol. The van der Waals surface area contributed by atoms with Crippen molar-refractivity contribution in [1.82, 2.24) is 10.3 Å². The van der Waals surface area contributed by atoms with Crippen molar-refractivity contribution in [2.75, 3.05) is 31.1 Å². The van der Waals surface area contributed by atoms with Gasteiger partial charge in [0.15, 0.2) is 0 Å². The molecule has 0 unspecified atom stereocenters. The van der Waals surface area contributed by atoms with Crippen LogP contribution in [0.5, 0.6) is 0 Å². The standard InChI is InChI=1S/C12H15N3S/c1-9-14-12-10(3-2-4-11(12)16-9)15-7-5-13-6-8-15/h2-4,13H,5-8H2,1H3. The number of nitrogens with zero attached hydrogens (tertiary/aromatic N) is 2. The van der Waals surface area contributed by atoms with Crippen molar-refractivity contribution in [2.45, 2.75) is 6.92 Å². The summed E-state index contributed by atoms with van der Waals surface area (Å²) in [6.45, 7) is 6.37. The minimum atomic E-state index is 1.07. The Labute approximate surface area is 99.1 Å². The summed E-state index contributed by atoms with van der Waals surface area (Å²) < 4.78 is 1.30. The van der Waals surface area contributed by atoms with Crippen LogP contribution in [0.2, 0.25) is 0 Å².